The monoisotopic (exact) mass is 360 g/mol. The Bertz CT molecular complexity index is 671. The van der Waals surface area contributed by atoms with Crippen LogP contribution >= 0.6 is 11.8 Å². The standard InChI is InChI=1S/C15H15F3N2O3S/c1-22-12-4-2-10(3-5-12)14-20-11(6-23-14)7-24-8-13(21)19-9-15(16,17)18/h2-6H,7-9H2,1H3,(H,19,21). The molecule has 2 rings (SSSR count). The van der Waals surface area contributed by atoms with E-state index >= 15 is 0 Å². The Morgan fingerprint density at radius 2 is 2.04 bits per heavy atom. The van der Waals surface area contributed by atoms with E-state index in [1.165, 1.54) is 6.26 Å². The third-order valence-corrected chi connectivity index (χ3v) is 3.82. The number of benzene rings is 1. The summed E-state index contributed by atoms with van der Waals surface area (Å²) in [6, 6.07) is 7.15. The first kappa shape index (κ1) is 18.2. The number of hydrogen-bond acceptors (Lipinski definition) is 5. The summed E-state index contributed by atoms with van der Waals surface area (Å²) in [5.74, 6) is 0.747. The molecule has 1 amide bonds. The average Bonchev–Trinajstić information content (AvgIpc) is 3.01. The SMILES string of the molecule is COc1ccc(-c2nc(CSCC(=O)NCC(F)(F)F)co2)cc1. The second-order valence-corrected chi connectivity index (χ2v) is 5.74. The van der Waals surface area contributed by atoms with Gasteiger partial charge in [-0.2, -0.15) is 13.2 Å². The summed E-state index contributed by atoms with van der Waals surface area (Å²) in [4.78, 5) is 15.6. The number of alkyl halides is 3. The van der Waals surface area contributed by atoms with Crippen molar-refractivity contribution in [2.75, 3.05) is 19.4 Å². The van der Waals surface area contributed by atoms with Crippen LogP contribution in [-0.4, -0.2) is 36.5 Å². The van der Waals surface area contributed by atoms with Crippen molar-refractivity contribution >= 4 is 17.7 Å². The zero-order valence-corrected chi connectivity index (χ0v) is 13.5. The molecule has 2 aromatic rings. The first-order valence-electron chi connectivity index (χ1n) is 6.87. The molecular weight excluding hydrogens is 345 g/mol. The molecule has 1 heterocycles. The fourth-order valence-electron chi connectivity index (χ4n) is 1.74. The largest absolute Gasteiger partial charge is 0.497 e. The number of aromatic nitrogens is 1. The molecule has 0 bridgehead atoms. The van der Waals surface area contributed by atoms with Gasteiger partial charge in [-0.25, -0.2) is 4.98 Å². The Morgan fingerprint density at radius 1 is 1.33 bits per heavy atom. The quantitative estimate of drug-likeness (QED) is 0.821. The molecule has 0 saturated carbocycles. The average molecular weight is 360 g/mol. The lowest BCUT2D eigenvalue weighted by atomic mass is 10.2. The Balaban J connectivity index is 1.80. The summed E-state index contributed by atoms with van der Waals surface area (Å²) in [5, 5.41) is 1.81. The number of oxazole rings is 1. The van der Waals surface area contributed by atoms with Crippen LogP contribution < -0.4 is 10.1 Å². The van der Waals surface area contributed by atoms with Crippen molar-refractivity contribution < 1.29 is 27.1 Å². The maximum absolute atomic E-state index is 12.0. The Morgan fingerprint density at radius 3 is 2.67 bits per heavy atom. The third-order valence-electron chi connectivity index (χ3n) is 2.86. The van der Waals surface area contributed by atoms with E-state index in [0.717, 1.165) is 17.3 Å². The van der Waals surface area contributed by atoms with Crippen LogP contribution in [0.4, 0.5) is 13.2 Å². The Hall–Kier alpha value is -2.16. The van der Waals surface area contributed by atoms with Crippen LogP contribution in [0.3, 0.4) is 0 Å². The Kier molecular flexibility index (Phi) is 6.13. The molecule has 1 aromatic heterocycles. The highest BCUT2D eigenvalue weighted by Crippen LogP contribution is 2.23. The van der Waals surface area contributed by atoms with E-state index in [0.29, 0.717) is 23.1 Å². The highest BCUT2D eigenvalue weighted by Gasteiger charge is 2.27. The smallest absolute Gasteiger partial charge is 0.405 e. The van der Waals surface area contributed by atoms with Crippen LogP contribution in [0, 0.1) is 0 Å². The van der Waals surface area contributed by atoms with Gasteiger partial charge < -0.3 is 14.5 Å². The van der Waals surface area contributed by atoms with Crippen molar-refractivity contribution in [3.8, 4) is 17.2 Å². The van der Waals surface area contributed by atoms with E-state index in [4.69, 9.17) is 9.15 Å². The molecule has 130 valence electrons. The van der Waals surface area contributed by atoms with Crippen molar-refractivity contribution in [3.05, 3.63) is 36.2 Å². The zero-order valence-electron chi connectivity index (χ0n) is 12.7. The fourth-order valence-corrected chi connectivity index (χ4v) is 2.47. The molecule has 1 N–H and O–H groups in total. The topological polar surface area (TPSA) is 64.4 Å². The highest BCUT2D eigenvalue weighted by molar-refractivity contribution is 7.99. The molecule has 0 unspecified atom stereocenters. The minimum Gasteiger partial charge on any atom is -0.497 e. The number of thioether (sulfide) groups is 1. The van der Waals surface area contributed by atoms with E-state index in [2.05, 4.69) is 4.98 Å². The molecule has 0 fully saturated rings. The van der Waals surface area contributed by atoms with Crippen LogP contribution in [0.5, 0.6) is 5.75 Å². The minimum absolute atomic E-state index is 0.0825. The van der Waals surface area contributed by atoms with Crippen molar-refractivity contribution in [1.82, 2.24) is 10.3 Å². The number of carbonyl (C=O) groups is 1. The van der Waals surface area contributed by atoms with Gasteiger partial charge in [0, 0.05) is 11.3 Å². The zero-order chi connectivity index (χ0) is 17.6. The molecule has 1 aromatic carbocycles. The number of nitrogens with zero attached hydrogens (tertiary/aromatic N) is 1. The molecule has 0 radical (unpaired) electrons. The molecule has 9 heteroatoms. The summed E-state index contributed by atoms with van der Waals surface area (Å²) >= 11 is 1.16. The normalized spacial score (nSPS) is 11.3. The minimum atomic E-state index is -4.40. The van der Waals surface area contributed by atoms with E-state index in [1.54, 1.807) is 31.4 Å². The van der Waals surface area contributed by atoms with Gasteiger partial charge in [-0.05, 0) is 24.3 Å². The van der Waals surface area contributed by atoms with Gasteiger partial charge in [-0.1, -0.05) is 0 Å². The van der Waals surface area contributed by atoms with Gasteiger partial charge in [0.25, 0.3) is 0 Å². The van der Waals surface area contributed by atoms with Gasteiger partial charge >= 0.3 is 6.18 Å². The molecular formula is C15H15F3N2O3S. The van der Waals surface area contributed by atoms with Crippen LogP contribution in [-0.2, 0) is 10.5 Å². The number of rotatable bonds is 7. The predicted octanol–water partition coefficient (Wildman–Crippen LogP) is 3.26. The lowest BCUT2D eigenvalue weighted by molar-refractivity contribution is -0.136. The second kappa shape index (κ2) is 8.09. The van der Waals surface area contributed by atoms with Crippen molar-refractivity contribution in [2.45, 2.75) is 11.9 Å². The van der Waals surface area contributed by atoms with Crippen LogP contribution in [0.1, 0.15) is 5.69 Å². The van der Waals surface area contributed by atoms with Crippen LogP contribution in [0.2, 0.25) is 0 Å². The number of ether oxygens (including phenoxy) is 1. The van der Waals surface area contributed by atoms with Gasteiger partial charge in [-0.15, -0.1) is 11.8 Å². The van der Waals surface area contributed by atoms with Crippen molar-refractivity contribution in [1.29, 1.82) is 0 Å². The lowest BCUT2D eigenvalue weighted by Gasteiger charge is -2.07. The van der Waals surface area contributed by atoms with Gasteiger partial charge in [0.05, 0.1) is 18.6 Å². The summed E-state index contributed by atoms with van der Waals surface area (Å²) in [6.45, 7) is -1.32. The molecule has 0 saturated heterocycles. The second-order valence-electron chi connectivity index (χ2n) is 4.76. The summed E-state index contributed by atoms with van der Waals surface area (Å²) in [5.41, 5.74) is 1.38. The number of methoxy groups -OCH3 is 1. The van der Waals surface area contributed by atoms with E-state index < -0.39 is 18.6 Å². The van der Waals surface area contributed by atoms with Gasteiger partial charge in [0.2, 0.25) is 11.8 Å². The number of amides is 1. The first-order valence-corrected chi connectivity index (χ1v) is 8.03. The molecule has 0 atom stereocenters. The maximum Gasteiger partial charge on any atom is 0.405 e. The lowest BCUT2D eigenvalue weighted by Crippen LogP contribution is -2.34. The summed E-state index contributed by atoms with van der Waals surface area (Å²) in [7, 11) is 1.57. The molecule has 0 spiro atoms. The van der Waals surface area contributed by atoms with Crippen LogP contribution in [0.25, 0.3) is 11.5 Å². The van der Waals surface area contributed by atoms with Crippen molar-refractivity contribution in [2.24, 2.45) is 0 Å². The predicted molar refractivity (Wildman–Crippen MR) is 83.7 cm³/mol. The molecule has 0 aliphatic rings. The number of hydrogen-bond donors (Lipinski definition) is 1. The summed E-state index contributed by atoms with van der Waals surface area (Å²) < 4.78 is 46.3. The van der Waals surface area contributed by atoms with Crippen molar-refractivity contribution in [3.63, 3.8) is 0 Å². The third kappa shape index (κ3) is 5.80. The maximum atomic E-state index is 12.0. The fraction of sp³-hybridized carbons (Fsp3) is 0.333. The number of nitrogens with one attached hydrogen (secondary N) is 1. The van der Waals surface area contributed by atoms with E-state index in [-0.39, 0.29) is 5.75 Å². The number of halogens is 3. The van der Waals surface area contributed by atoms with Crippen LogP contribution in [0.15, 0.2) is 34.9 Å². The highest BCUT2D eigenvalue weighted by atomic mass is 32.2. The van der Waals surface area contributed by atoms with E-state index in [1.807, 2.05) is 5.32 Å². The molecule has 5 nitrogen and oxygen atoms in total. The first-order chi connectivity index (χ1) is 11.4. The number of carbonyl (C=O) groups excluding carboxylic acids is 1. The van der Waals surface area contributed by atoms with Gasteiger partial charge in [0.1, 0.15) is 18.6 Å². The van der Waals surface area contributed by atoms with E-state index in [9.17, 15) is 18.0 Å². The Labute approximate surface area is 140 Å². The van der Waals surface area contributed by atoms with Gasteiger partial charge in [-0.3, -0.25) is 4.79 Å². The molecule has 0 aliphatic carbocycles. The molecule has 24 heavy (non-hydrogen) atoms. The summed E-state index contributed by atoms with van der Waals surface area (Å²) in [6.07, 6.45) is -2.94. The van der Waals surface area contributed by atoms with Gasteiger partial charge in [0.15, 0.2) is 0 Å². The molecule has 0 aliphatic heterocycles.